The van der Waals surface area contributed by atoms with Gasteiger partial charge in [-0.1, -0.05) is 11.6 Å². The number of nitrogens with zero attached hydrogens (tertiary/aromatic N) is 3. The molecule has 0 aliphatic carbocycles. The van der Waals surface area contributed by atoms with Crippen molar-refractivity contribution in [1.82, 2.24) is 20.4 Å². The van der Waals surface area contributed by atoms with Crippen LogP contribution < -0.4 is 10.6 Å². The highest BCUT2D eigenvalue weighted by Crippen LogP contribution is 2.33. The zero-order chi connectivity index (χ0) is 17.3. The Morgan fingerprint density at radius 2 is 2.08 bits per heavy atom. The molecule has 0 aromatic carbocycles. The Morgan fingerprint density at radius 1 is 1.33 bits per heavy atom. The van der Waals surface area contributed by atoms with Crippen LogP contribution in [0, 0.1) is 0 Å². The number of aromatic nitrogens is 2. The molecule has 0 radical (unpaired) electrons. The summed E-state index contributed by atoms with van der Waals surface area (Å²) in [5.74, 6) is 0.717. The lowest BCUT2D eigenvalue weighted by Gasteiger charge is -2.25. The first kappa shape index (κ1) is 17.2. The van der Waals surface area contributed by atoms with Crippen molar-refractivity contribution in [1.29, 1.82) is 0 Å². The summed E-state index contributed by atoms with van der Waals surface area (Å²) in [4.78, 5) is 14.0. The van der Waals surface area contributed by atoms with Crippen LogP contribution in [0.15, 0.2) is 0 Å². The highest BCUT2D eigenvalue weighted by atomic mass is 35.5. The van der Waals surface area contributed by atoms with Gasteiger partial charge in [0.15, 0.2) is 11.0 Å². The number of amides is 1. The summed E-state index contributed by atoms with van der Waals surface area (Å²) in [5, 5.41) is 15.4. The van der Waals surface area contributed by atoms with E-state index < -0.39 is 5.60 Å². The van der Waals surface area contributed by atoms with Gasteiger partial charge in [-0.25, -0.2) is 4.79 Å². The van der Waals surface area contributed by atoms with Crippen molar-refractivity contribution < 1.29 is 9.53 Å². The number of anilines is 1. The average molecular weight is 354 g/mol. The van der Waals surface area contributed by atoms with Gasteiger partial charge in [0, 0.05) is 23.7 Å². The maximum Gasteiger partial charge on any atom is 0.410 e. The average Bonchev–Trinajstić information content (AvgIpc) is 2.96. The normalized spacial score (nSPS) is 20.7. The number of ether oxygens (including phenoxy) is 1. The molecule has 7 nitrogen and oxygen atoms in total. The monoisotopic (exact) mass is 353 g/mol. The molecule has 132 valence electrons. The van der Waals surface area contributed by atoms with Crippen molar-refractivity contribution in [2.24, 2.45) is 0 Å². The fourth-order valence-electron chi connectivity index (χ4n) is 2.99. The first-order valence-corrected chi connectivity index (χ1v) is 8.70. The predicted octanol–water partition coefficient (Wildman–Crippen LogP) is 2.54. The van der Waals surface area contributed by atoms with Crippen molar-refractivity contribution in [3.05, 3.63) is 16.3 Å². The minimum Gasteiger partial charge on any atom is -0.444 e. The number of carbonyl (C=O) groups excluding carboxylic acids is 1. The summed E-state index contributed by atoms with van der Waals surface area (Å²) in [6.07, 6.45) is 1.87. The van der Waals surface area contributed by atoms with Crippen molar-refractivity contribution in [2.75, 3.05) is 18.4 Å². The molecule has 2 aliphatic rings. The van der Waals surface area contributed by atoms with Crippen LogP contribution in [-0.4, -0.2) is 45.9 Å². The van der Waals surface area contributed by atoms with Gasteiger partial charge in [-0.15, -0.1) is 10.2 Å². The Bertz CT molecular complexity index is 626. The summed E-state index contributed by atoms with van der Waals surface area (Å²) in [6, 6.07) is 0.314. The molecule has 1 aromatic rings. The summed E-state index contributed by atoms with van der Waals surface area (Å²) < 4.78 is 5.46. The maximum atomic E-state index is 12.3. The second-order valence-electron chi connectivity index (χ2n) is 7.32. The number of halogens is 1. The first-order chi connectivity index (χ1) is 11.3. The van der Waals surface area contributed by atoms with Gasteiger partial charge in [-0.2, -0.15) is 0 Å². The lowest BCUT2D eigenvalue weighted by Crippen LogP contribution is -2.39. The molecular weight excluding hydrogens is 330 g/mol. The molecule has 24 heavy (non-hydrogen) atoms. The molecule has 2 aliphatic heterocycles. The van der Waals surface area contributed by atoms with E-state index in [4.69, 9.17) is 16.3 Å². The van der Waals surface area contributed by atoms with E-state index in [9.17, 15) is 4.79 Å². The van der Waals surface area contributed by atoms with Gasteiger partial charge in [-0.05, 0) is 40.2 Å². The summed E-state index contributed by atoms with van der Waals surface area (Å²) in [5.41, 5.74) is 1.26. The second kappa shape index (κ2) is 6.72. The fraction of sp³-hybridized carbons (Fsp3) is 0.688. The third kappa shape index (κ3) is 3.89. The molecule has 3 rings (SSSR count). The van der Waals surface area contributed by atoms with Crippen molar-refractivity contribution in [3.8, 4) is 0 Å². The fourth-order valence-corrected chi connectivity index (χ4v) is 3.20. The minimum atomic E-state index is -0.527. The van der Waals surface area contributed by atoms with E-state index >= 15 is 0 Å². The van der Waals surface area contributed by atoms with Crippen LogP contribution in [0.2, 0.25) is 5.15 Å². The summed E-state index contributed by atoms with van der Waals surface area (Å²) >= 11 is 6.19. The van der Waals surface area contributed by atoms with Gasteiger partial charge >= 0.3 is 6.09 Å². The van der Waals surface area contributed by atoms with Crippen molar-refractivity contribution in [2.45, 2.75) is 58.3 Å². The molecule has 2 N–H and O–H groups in total. The topological polar surface area (TPSA) is 79.4 Å². The highest BCUT2D eigenvalue weighted by molar-refractivity contribution is 6.30. The molecule has 1 saturated heterocycles. The predicted molar refractivity (Wildman–Crippen MR) is 92.0 cm³/mol. The number of hydrogen-bond acceptors (Lipinski definition) is 6. The van der Waals surface area contributed by atoms with E-state index in [1.165, 1.54) is 0 Å². The van der Waals surface area contributed by atoms with E-state index in [0.717, 1.165) is 37.1 Å². The van der Waals surface area contributed by atoms with Gasteiger partial charge in [0.1, 0.15) is 5.60 Å². The molecular formula is C16H24ClN5O2. The molecule has 0 bridgehead atoms. The second-order valence-corrected chi connectivity index (χ2v) is 7.68. The third-order valence-electron chi connectivity index (χ3n) is 4.12. The third-order valence-corrected chi connectivity index (χ3v) is 4.43. The van der Waals surface area contributed by atoms with Crippen molar-refractivity contribution >= 4 is 23.5 Å². The molecule has 0 unspecified atom stereocenters. The van der Waals surface area contributed by atoms with E-state index in [2.05, 4.69) is 20.8 Å². The molecule has 1 fully saturated rings. The molecule has 1 atom stereocenters. The van der Waals surface area contributed by atoms with Gasteiger partial charge in [0.05, 0.1) is 13.1 Å². The van der Waals surface area contributed by atoms with Crippen LogP contribution in [0.3, 0.4) is 0 Å². The Balaban J connectivity index is 1.75. The Morgan fingerprint density at radius 3 is 2.75 bits per heavy atom. The van der Waals surface area contributed by atoms with E-state index in [-0.39, 0.29) is 6.09 Å². The number of hydrogen-bond donors (Lipinski definition) is 2. The Kier molecular flexibility index (Phi) is 4.83. The minimum absolute atomic E-state index is 0.314. The Hall–Kier alpha value is -1.60. The van der Waals surface area contributed by atoms with E-state index in [1.807, 2.05) is 20.8 Å². The standard InChI is InChI=1S/C16H24ClN5O2/c1-16(2,3)24-15(23)22-8-11-12(9-22)14(21-20-13(11)17)19-10-5-4-6-18-7-10/h10,18H,4-9H2,1-3H3,(H,19,21)/t10-/m1/s1. The van der Waals surface area contributed by atoms with E-state index in [1.54, 1.807) is 4.90 Å². The lowest BCUT2D eigenvalue weighted by molar-refractivity contribution is 0.0242. The molecule has 3 heterocycles. The SMILES string of the molecule is CC(C)(C)OC(=O)N1Cc2c(Cl)nnc(N[C@@H]3CCCNC3)c2C1. The van der Waals surface area contributed by atoms with Gasteiger partial charge < -0.3 is 15.4 Å². The van der Waals surface area contributed by atoms with Gasteiger partial charge in [0.2, 0.25) is 0 Å². The number of fused-ring (bicyclic) bond motifs is 1. The highest BCUT2D eigenvalue weighted by Gasteiger charge is 2.32. The zero-order valence-corrected chi connectivity index (χ0v) is 15.1. The molecule has 0 spiro atoms. The summed E-state index contributed by atoms with van der Waals surface area (Å²) in [7, 11) is 0. The molecule has 1 aromatic heterocycles. The summed E-state index contributed by atoms with van der Waals surface area (Å²) in [6.45, 7) is 8.34. The molecule has 1 amide bonds. The number of rotatable bonds is 2. The van der Waals surface area contributed by atoms with Crippen LogP contribution in [0.4, 0.5) is 10.6 Å². The largest absolute Gasteiger partial charge is 0.444 e. The van der Waals surface area contributed by atoms with Crippen LogP contribution in [0.25, 0.3) is 0 Å². The Labute approximate surface area is 147 Å². The maximum absolute atomic E-state index is 12.3. The van der Waals surface area contributed by atoms with E-state index in [0.29, 0.717) is 30.1 Å². The van der Waals surface area contributed by atoms with Crippen LogP contribution in [0.5, 0.6) is 0 Å². The van der Waals surface area contributed by atoms with Crippen LogP contribution >= 0.6 is 11.6 Å². The van der Waals surface area contributed by atoms with Crippen LogP contribution in [0.1, 0.15) is 44.7 Å². The number of carbonyl (C=O) groups is 1. The number of nitrogens with one attached hydrogen (secondary N) is 2. The lowest BCUT2D eigenvalue weighted by atomic mass is 10.1. The quantitative estimate of drug-likeness (QED) is 0.850. The van der Waals surface area contributed by atoms with Gasteiger partial charge in [0.25, 0.3) is 0 Å². The van der Waals surface area contributed by atoms with Gasteiger partial charge in [-0.3, -0.25) is 4.90 Å². The van der Waals surface area contributed by atoms with Crippen LogP contribution in [-0.2, 0) is 17.8 Å². The zero-order valence-electron chi connectivity index (χ0n) is 14.4. The first-order valence-electron chi connectivity index (χ1n) is 8.32. The number of piperidine rings is 1. The smallest absolute Gasteiger partial charge is 0.410 e. The molecule has 0 saturated carbocycles. The molecule has 8 heteroatoms. The van der Waals surface area contributed by atoms with Crippen molar-refractivity contribution in [3.63, 3.8) is 0 Å².